The van der Waals surface area contributed by atoms with Crippen molar-refractivity contribution in [2.45, 2.75) is 17.0 Å². The van der Waals surface area contributed by atoms with Crippen molar-refractivity contribution in [2.75, 3.05) is 9.96 Å². The van der Waals surface area contributed by atoms with Crippen molar-refractivity contribution in [2.24, 2.45) is 5.92 Å². The molecule has 11 nitrogen and oxygen atoms in total. The number of imide groups is 1. The van der Waals surface area contributed by atoms with E-state index in [2.05, 4.69) is 0 Å². The highest BCUT2D eigenvalue weighted by atomic mass is 35.5. The van der Waals surface area contributed by atoms with Gasteiger partial charge in [-0.2, -0.15) is 8.42 Å². The molecule has 2 fully saturated rings. The molecule has 0 spiro atoms. The van der Waals surface area contributed by atoms with Crippen LogP contribution in [0.3, 0.4) is 0 Å². The number of halogens is 1. The lowest BCUT2D eigenvalue weighted by Gasteiger charge is -2.28. The molecule has 212 valence electrons. The second-order valence-electron chi connectivity index (χ2n) is 9.51. The number of nitro groups is 1. The molecule has 2 aliphatic rings. The number of fused-ring (bicyclic) bond motifs is 1. The maximum atomic E-state index is 13.8. The minimum absolute atomic E-state index is 0.0182. The van der Waals surface area contributed by atoms with E-state index in [1.165, 1.54) is 47.5 Å². The number of rotatable bonds is 7. The summed E-state index contributed by atoms with van der Waals surface area (Å²) in [4.78, 5) is 45.2. The first-order valence-corrected chi connectivity index (χ1v) is 14.4. The summed E-state index contributed by atoms with van der Waals surface area (Å²) >= 11 is 5.98. The minimum atomic E-state index is -4.10. The second-order valence-corrected chi connectivity index (χ2v) is 11.5. The fourth-order valence-corrected chi connectivity index (χ4v) is 6.13. The molecule has 4 aromatic rings. The van der Waals surface area contributed by atoms with Crippen molar-refractivity contribution in [3.05, 3.63) is 124 Å². The van der Waals surface area contributed by atoms with Crippen LogP contribution in [0.2, 0.25) is 5.02 Å². The van der Waals surface area contributed by atoms with Crippen molar-refractivity contribution in [1.29, 1.82) is 0 Å². The molecule has 0 aliphatic carbocycles. The van der Waals surface area contributed by atoms with Crippen LogP contribution in [-0.4, -0.2) is 31.3 Å². The number of hydroxylamine groups is 1. The predicted octanol–water partition coefficient (Wildman–Crippen LogP) is 5.07. The van der Waals surface area contributed by atoms with Crippen LogP contribution in [0.15, 0.2) is 108 Å². The van der Waals surface area contributed by atoms with Crippen molar-refractivity contribution in [3.8, 4) is 5.75 Å². The normalized spacial score (nSPS) is 20.1. The van der Waals surface area contributed by atoms with Gasteiger partial charge in [0.15, 0.2) is 6.10 Å². The van der Waals surface area contributed by atoms with E-state index in [-0.39, 0.29) is 22.0 Å². The van der Waals surface area contributed by atoms with Crippen LogP contribution < -0.4 is 14.1 Å². The number of anilines is 2. The molecule has 2 heterocycles. The van der Waals surface area contributed by atoms with Crippen LogP contribution in [0.25, 0.3) is 0 Å². The molecule has 0 radical (unpaired) electrons. The summed E-state index contributed by atoms with van der Waals surface area (Å²) in [5, 5.41) is 13.2. The molecule has 0 N–H and O–H groups in total. The van der Waals surface area contributed by atoms with Crippen LogP contribution in [0, 0.1) is 16.0 Å². The Kier molecular flexibility index (Phi) is 6.89. The zero-order chi connectivity index (χ0) is 29.6. The fraction of sp³-hybridized carbons (Fsp3) is 0.103. The maximum Gasteiger partial charge on any atom is 0.339 e. The van der Waals surface area contributed by atoms with Crippen LogP contribution in [0.5, 0.6) is 5.75 Å². The van der Waals surface area contributed by atoms with Gasteiger partial charge in [-0.25, -0.2) is 9.96 Å². The smallest absolute Gasteiger partial charge is 0.339 e. The first kappa shape index (κ1) is 27.4. The summed E-state index contributed by atoms with van der Waals surface area (Å²) in [6, 6.07) is 24.5. The van der Waals surface area contributed by atoms with Gasteiger partial charge in [-0.1, -0.05) is 48.0 Å². The lowest BCUT2D eigenvalue weighted by atomic mass is 9.90. The Morgan fingerprint density at radius 3 is 2.19 bits per heavy atom. The molecule has 4 aromatic carbocycles. The first-order valence-electron chi connectivity index (χ1n) is 12.6. The Labute approximate surface area is 244 Å². The zero-order valence-electron chi connectivity index (χ0n) is 21.4. The number of carbonyl (C=O) groups is 2. The molecule has 2 saturated heterocycles. The SMILES string of the molecule is O=C1[C@H]2[C@H](ON(c3cccc([N+](=O)[O-])c3)[C@H]2c2ccc(OS(=O)(=O)c3ccccc3)cc2)C(=O)N1c1ccc(Cl)cc1. The number of nitro benzene ring substituents is 1. The van der Waals surface area contributed by atoms with E-state index in [0.717, 1.165) is 4.90 Å². The molecule has 0 bridgehead atoms. The molecule has 6 rings (SSSR count). The summed E-state index contributed by atoms with van der Waals surface area (Å²) in [5.74, 6) is -2.12. The van der Waals surface area contributed by atoms with E-state index in [4.69, 9.17) is 20.6 Å². The van der Waals surface area contributed by atoms with E-state index in [1.807, 2.05) is 0 Å². The summed E-state index contributed by atoms with van der Waals surface area (Å²) in [5.41, 5.74) is 0.858. The molecular formula is C29H20ClN3O8S. The summed E-state index contributed by atoms with van der Waals surface area (Å²) < 4.78 is 30.7. The van der Waals surface area contributed by atoms with Gasteiger partial charge in [0.2, 0.25) is 5.91 Å². The lowest BCUT2D eigenvalue weighted by molar-refractivity contribution is -0.384. The van der Waals surface area contributed by atoms with Crippen LogP contribution >= 0.6 is 11.6 Å². The molecule has 42 heavy (non-hydrogen) atoms. The number of hydrogen-bond acceptors (Lipinski definition) is 9. The summed E-state index contributed by atoms with van der Waals surface area (Å²) in [6.45, 7) is 0. The first-order chi connectivity index (χ1) is 20.1. The van der Waals surface area contributed by atoms with Gasteiger partial charge in [-0.15, -0.1) is 0 Å². The van der Waals surface area contributed by atoms with E-state index in [1.54, 1.807) is 60.7 Å². The van der Waals surface area contributed by atoms with E-state index in [0.29, 0.717) is 16.3 Å². The van der Waals surface area contributed by atoms with E-state index in [9.17, 15) is 28.1 Å². The van der Waals surface area contributed by atoms with Gasteiger partial charge in [0.25, 0.3) is 11.6 Å². The number of amides is 2. The van der Waals surface area contributed by atoms with Crippen LogP contribution in [-0.2, 0) is 24.5 Å². The van der Waals surface area contributed by atoms with Crippen molar-refractivity contribution in [3.63, 3.8) is 0 Å². The van der Waals surface area contributed by atoms with Crippen LogP contribution in [0.1, 0.15) is 11.6 Å². The monoisotopic (exact) mass is 605 g/mol. The predicted molar refractivity (Wildman–Crippen MR) is 151 cm³/mol. The molecular weight excluding hydrogens is 586 g/mol. The molecule has 0 unspecified atom stereocenters. The Morgan fingerprint density at radius 2 is 1.52 bits per heavy atom. The molecule has 2 amide bonds. The van der Waals surface area contributed by atoms with Gasteiger partial charge in [0, 0.05) is 17.2 Å². The highest BCUT2D eigenvalue weighted by Crippen LogP contribution is 2.48. The highest BCUT2D eigenvalue weighted by molar-refractivity contribution is 7.87. The third-order valence-corrected chi connectivity index (χ3v) is 8.47. The Hall–Kier alpha value is -4.78. The van der Waals surface area contributed by atoms with Gasteiger partial charge in [-0.05, 0) is 60.2 Å². The standard InChI is InChI=1S/C29H20ClN3O8S/c30-19-11-13-20(14-12-19)31-28(34)25-26(32(40-27(25)29(31)35)21-5-4-6-22(17-21)33(36)37)18-9-15-23(16-10-18)41-42(38,39)24-7-2-1-3-8-24/h1-17,25-27H/t25-,26+,27+/m1/s1. The molecule has 2 aliphatic heterocycles. The van der Waals surface area contributed by atoms with Gasteiger partial charge >= 0.3 is 10.1 Å². The number of benzene rings is 4. The average Bonchev–Trinajstić information content (AvgIpc) is 3.50. The minimum Gasteiger partial charge on any atom is -0.379 e. The van der Waals surface area contributed by atoms with Crippen molar-refractivity contribution < 1.29 is 32.0 Å². The maximum absolute atomic E-state index is 13.8. The zero-order valence-corrected chi connectivity index (χ0v) is 23.0. The Morgan fingerprint density at radius 1 is 0.833 bits per heavy atom. The second kappa shape index (κ2) is 10.6. The quantitative estimate of drug-likeness (QED) is 0.122. The molecule has 3 atom stereocenters. The third kappa shape index (κ3) is 4.85. The van der Waals surface area contributed by atoms with Crippen molar-refractivity contribution >= 4 is 50.6 Å². The Balaban J connectivity index is 1.37. The third-order valence-electron chi connectivity index (χ3n) is 6.95. The number of carbonyl (C=O) groups excluding carboxylic acids is 2. The van der Waals surface area contributed by atoms with Crippen LogP contribution in [0.4, 0.5) is 17.1 Å². The number of nitrogens with zero attached hydrogens (tertiary/aromatic N) is 3. The van der Waals surface area contributed by atoms with Gasteiger partial charge in [-0.3, -0.25) is 24.5 Å². The number of non-ortho nitro benzene ring substituents is 1. The van der Waals surface area contributed by atoms with Crippen molar-refractivity contribution in [1.82, 2.24) is 0 Å². The van der Waals surface area contributed by atoms with Gasteiger partial charge < -0.3 is 4.18 Å². The summed E-state index contributed by atoms with van der Waals surface area (Å²) in [6.07, 6.45) is -1.22. The fourth-order valence-electron chi connectivity index (χ4n) is 5.05. The largest absolute Gasteiger partial charge is 0.379 e. The van der Waals surface area contributed by atoms with E-state index < -0.39 is 44.9 Å². The number of hydrogen-bond donors (Lipinski definition) is 0. The summed E-state index contributed by atoms with van der Waals surface area (Å²) in [7, 11) is -4.10. The molecule has 0 aromatic heterocycles. The van der Waals surface area contributed by atoms with E-state index >= 15 is 0 Å². The molecule has 13 heteroatoms. The average molecular weight is 606 g/mol. The lowest BCUT2D eigenvalue weighted by Crippen LogP contribution is -2.37. The highest BCUT2D eigenvalue weighted by Gasteiger charge is 2.60. The Bertz CT molecular complexity index is 1800. The van der Waals surface area contributed by atoms with Gasteiger partial charge in [0.1, 0.15) is 16.6 Å². The van der Waals surface area contributed by atoms with Gasteiger partial charge in [0.05, 0.1) is 22.3 Å². The topological polar surface area (TPSA) is 136 Å². The molecule has 0 saturated carbocycles.